The highest BCUT2D eigenvalue weighted by molar-refractivity contribution is 6.30. The molecule has 3 fully saturated rings. The summed E-state index contributed by atoms with van der Waals surface area (Å²) in [6, 6.07) is 68.7. The number of benzene rings is 5. The number of amides is 2. The predicted octanol–water partition coefficient (Wildman–Crippen LogP) is 16.3. The van der Waals surface area contributed by atoms with Crippen molar-refractivity contribution in [1.82, 2.24) is 73.1 Å². The minimum atomic E-state index is -0.309. The fraction of sp³-hybridized carbons (Fsp3) is 0.133. The molecule has 0 atom stereocenters. The second-order valence-electron chi connectivity index (χ2n) is 30.9. The van der Waals surface area contributed by atoms with Gasteiger partial charge in [0.05, 0.1) is 95.1 Å². The van der Waals surface area contributed by atoms with Crippen molar-refractivity contribution in [2.45, 2.75) is 31.8 Å². The molecule has 29 nitrogen and oxygen atoms in total. The number of carbonyl (C=O) groups excluding carboxylic acids is 2. The smallest absolute Gasteiger partial charge is 0.251 e. The van der Waals surface area contributed by atoms with E-state index >= 15 is 0 Å². The van der Waals surface area contributed by atoms with Crippen LogP contribution in [0.2, 0.25) is 5.02 Å². The molecule has 5 aromatic carbocycles. The maximum atomic E-state index is 14.7. The molecule has 3 aliphatic rings. The summed E-state index contributed by atoms with van der Waals surface area (Å²) in [5.74, 6) is 0.454. The summed E-state index contributed by atoms with van der Waals surface area (Å²) in [5, 5.41) is 20.3. The van der Waals surface area contributed by atoms with Crippen LogP contribution in [0.15, 0.2) is 324 Å². The van der Waals surface area contributed by atoms with Crippen LogP contribution in [0, 0.1) is 12.7 Å². The number of aromatic nitrogens is 13. The quantitative estimate of drug-likeness (QED) is 0.0339. The van der Waals surface area contributed by atoms with Gasteiger partial charge in [-0.05, 0) is 200 Å². The first kappa shape index (κ1) is 83.6. The molecule has 13 aromatic heterocycles. The number of nitrogens with zero attached hydrogens (tertiary/aromatic N) is 11. The maximum Gasteiger partial charge on any atom is 0.251 e. The van der Waals surface area contributed by atoms with Crippen molar-refractivity contribution in [3.05, 3.63) is 385 Å². The maximum absolute atomic E-state index is 14.7. The standard InChI is InChI=1S/C28H22ClN5O2.C27H23N5O2.C22H20FN5O2.C21H20N6O2/c29-21-5-3-20(4-6-21)28(12-13-28)33-27(36)18-1-7-22(8-2-18)32-23-9-10-24(34-16-15-31-26(23)34)19-11-14-30-25(35)17-19;1-18-4-2-3-5-21(18)17-30-27(34)19-6-8-22(9-7-19)31-23-10-11-24(32-15-14-29-26(23)32)20-12-13-28-25(33)16-20;23-17-14-16(1-3-20(17)27-9-11-30-12-10-27)26-18-2-4-19(28-8-7-25-22(18)28)15-5-6-24-21(29)13-15;28-20-13-15(5-6-22-20)18-3-2-17(21-23-7-8-27(18)21)25-16-1-4-19(24-14-16)26-9-11-29-12-10-26/h1-11,14-17,32H,12-13H2,(H,30,35)(H,33,36);2-16,31H,17H2,1H3,(H,28,33)(H,30,34);1-8,13-14,26H,9-12H2,(H,24,29);1-8,13-14,25H,9-12H2,(H,22,28). The van der Waals surface area contributed by atoms with Gasteiger partial charge in [-0.25, -0.2) is 29.3 Å². The molecule has 644 valence electrons. The van der Waals surface area contributed by atoms with Crippen LogP contribution in [0.4, 0.5) is 61.4 Å². The fourth-order valence-electron chi connectivity index (χ4n) is 15.7. The van der Waals surface area contributed by atoms with Crippen molar-refractivity contribution in [2.24, 2.45) is 0 Å². The molecule has 2 amide bonds. The van der Waals surface area contributed by atoms with Crippen LogP contribution in [-0.2, 0) is 21.6 Å². The zero-order valence-corrected chi connectivity index (χ0v) is 70.3. The molecule has 2 saturated heterocycles. The number of carbonyl (C=O) groups is 2. The zero-order valence-electron chi connectivity index (χ0n) is 69.6. The topological polar surface area (TPSA) is 345 Å². The lowest BCUT2D eigenvalue weighted by Crippen LogP contribution is -2.36. The number of halogens is 2. The number of aromatic amines is 4. The number of hydrogen-bond donors (Lipinski definition) is 10. The average molecular weight is 1740 g/mol. The SMILES string of the molecule is Cc1ccccc1CNC(=O)c1ccc(Nc2ccc(-c3cc[nH]c(=O)c3)n3ccnc23)cc1.O=C(NC1(c2ccc(Cl)cc2)CC1)c1ccc(Nc2ccc(-c3cc[nH]c(=O)c3)n3ccnc23)cc1.O=c1cc(-c2ccc(Nc3ccc(N4CCOCC4)c(F)c3)c3nccn23)cc[nH]1.O=c1cc(-c2ccc(Nc3ccc(N4CCOCC4)nc3)c3nccn23)cc[nH]1. The van der Waals surface area contributed by atoms with Crippen LogP contribution in [-0.4, -0.2) is 127 Å². The van der Waals surface area contributed by atoms with Crippen LogP contribution in [0.5, 0.6) is 0 Å². The van der Waals surface area contributed by atoms with E-state index in [0.717, 1.165) is 163 Å². The van der Waals surface area contributed by atoms with E-state index in [1.165, 1.54) is 6.07 Å². The van der Waals surface area contributed by atoms with Gasteiger partial charge in [-0.2, -0.15) is 0 Å². The van der Waals surface area contributed by atoms with Gasteiger partial charge >= 0.3 is 0 Å². The molecule has 129 heavy (non-hydrogen) atoms. The Balaban J connectivity index is 0.000000116. The van der Waals surface area contributed by atoms with E-state index in [-0.39, 0.29) is 45.4 Å². The average Bonchev–Trinajstić information content (AvgIpc) is 1.53. The van der Waals surface area contributed by atoms with Crippen LogP contribution in [0.1, 0.15) is 50.2 Å². The summed E-state index contributed by atoms with van der Waals surface area (Å²) in [5.41, 5.74) is 20.2. The Morgan fingerprint density at radius 2 is 0.822 bits per heavy atom. The van der Waals surface area contributed by atoms with E-state index in [9.17, 15) is 33.2 Å². The van der Waals surface area contributed by atoms with Gasteiger partial charge in [0.2, 0.25) is 22.2 Å². The number of anilines is 10. The normalized spacial score (nSPS) is 13.3. The third-order valence-corrected chi connectivity index (χ3v) is 22.7. The van der Waals surface area contributed by atoms with Crippen molar-refractivity contribution in [3.63, 3.8) is 0 Å². The molecule has 0 unspecified atom stereocenters. The summed E-state index contributed by atoms with van der Waals surface area (Å²) in [6.07, 6.45) is 24.5. The Morgan fingerprint density at radius 3 is 1.22 bits per heavy atom. The third-order valence-electron chi connectivity index (χ3n) is 22.5. The van der Waals surface area contributed by atoms with Gasteiger partial charge < -0.3 is 71.1 Å². The molecule has 15 heterocycles. The molecule has 1 aliphatic carbocycles. The van der Waals surface area contributed by atoms with Crippen molar-refractivity contribution in [3.8, 4) is 45.0 Å². The molecule has 31 heteroatoms. The van der Waals surface area contributed by atoms with Crippen molar-refractivity contribution in [2.75, 3.05) is 83.7 Å². The Morgan fingerprint density at radius 1 is 0.426 bits per heavy atom. The number of nitrogens with one attached hydrogen (secondary N) is 10. The predicted molar refractivity (Wildman–Crippen MR) is 500 cm³/mol. The molecule has 10 N–H and O–H groups in total. The summed E-state index contributed by atoms with van der Waals surface area (Å²) in [4.78, 5) is 110. The highest BCUT2D eigenvalue weighted by atomic mass is 35.5. The number of H-pyrrole nitrogens is 4. The number of imidazole rings is 4. The number of pyridine rings is 9. The number of fused-ring (bicyclic) bond motifs is 4. The van der Waals surface area contributed by atoms with E-state index in [1.54, 1.807) is 92.0 Å². The molecule has 0 bridgehead atoms. The monoisotopic (exact) mass is 1740 g/mol. The Bertz CT molecular complexity index is 7360. The Labute approximate surface area is 741 Å². The summed E-state index contributed by atoms with van der Waals surface area (Å²) >= 11 is 6.01. The van der Waals surface area contributed by atoms with Gasteiger partial charge in [-0.1, -0.05) is 48.0 Å². The van der Waals surface area contributed by atoms with Gasteiger partial charge in [0.25, 0.3) is 11.8 Å². The number of ether oxygens (including phenoxy) is 2. The Hall–Kier alpha value is -16.3. The van der Waals surface area contributed by atoms with Crippen LogP contribution >= 0.6 is 11.6 Å². The second kappa shape index (κ2) is 37.6. The van der Waals surface area contributed by atoms with E-state index < -0.39 is 0 Å². The van der Waals surface area contributed by atoms with Crippen molar-refractivity contribution >= 4 is 103 Å². The van der Waals surface area contributed by atoms with E-state index in [2.05, 4.69) is 81.7 Å². The molecule has 21 rings (SSSR count). The second-order valence-corrected chi connectivity index (χ2v) is 31.3. The minimum Gasteiger partial charge on any atom is -0.378 e. The van der Waals surface area contributed by atoms with Crippen molar-refractivity contribution in [1.29, 1.82) is 0 Å². The minimum absolute atomic E-state index is 0.105. The van der Waals surface area contributed by atoms with Crippen LogP contribution in [0.3, 0.4) is 0 Å². The molecule has 18 aromatic rings. The van der Waals surface area contributed by atoms with Gasteiger partial charge in [0, 0.05) is 187 Å². The van der Waals surface area contributed by atoms with Gasteiger partial charge in [-0.15, -0.1) is 0 Å². The third kappa shape index (κ3) is 19.2. The number of aryl methyl sites for hydroxylation is 1. The first-order valence-corrected chi connectivity index (χ1v) is 42.1. The fourth-order valence-corrected chi connectivity index (χ4v) is 15.8. The lowest BCUT2D eigenvalue weighted by atomic mass is 10.0. The zero-order chi connectivity index (χ0) is 88.3. The van der Waals surface area contributed by atoms with E-state index in [0.29, 0.717) is 66.0 Å². The largest absolute Gasteiger partial charge is 0.378 e. The van der Waals surface area contributed by atoms with Crippen molar-refractivity contribution < 1.29 is 23.5 Å². The van der Waals surface area contributed by atoms with Crippen LogP contribution in [0.25, 0.3) is 67.6 Å². The summed E-state index contributed by atoms with van der Waals surface area (Å²) in [7, 11) is 0. The van der Waals surface area contributed by atoms with E-state index in [4.69, 9.17) is 21.1 Å². The molecular weight excluding hydrogens is 1650 g/mol. The first-order chi connectivity index (χ1) is 63.0. The first-order valence-electron chi connectivity index (χ1n) is 41.8. The van der Waals surface area contributed by atoms with Gasteiger partial charge in [0.1, 0.15) is 11.6 Å². The summed E-state index contributed by atoms with van der Waals surface area (Å²) in [6.45, 7) is 8.29. The molecule has 2 aliphatic heterocycles. The highest BCUT2D eigenvalue weighted by Gasteiger charge is 2.46. The molecule has 0 radical (unpaired) electrons. The van der Waals surface area contributed by atoms with Gasteiger partial charge in [-0.3, -0.25) is 46.4 Å². The highest BCUT2D eigenvalue weighted by Crippen LogP contribution is 2.46. The van der Waals surface area contributed by atoms with Crippen LogP contribution < -0.4 is 63.9 Å². The number of morpholine rings is 2. The molecule has 1 saturated carbocycles. The Kier molecular flexibility index (Phi) is 24.4. The van der Waals surface area contributed by atoms with Gasteiger partial charge in [0.15, 0.2) is 22.6 Å². The lowest BCUT2D eigenvalue weighted by molar-refractivity contribution is 0.0927. The van der Waals surface area contributed by atoms with E-state index in [1.807, 2.05) is 236 Å². The lowest BCUT2D eigenvalue weighted by Gasteiger charge is -2.29. The number of rotatable bonds is 20. The summed E-state index contributed by atoms with van der Waals surface area (Å²) < 4.78 is 33.2. The molecular formula is C98H85ClFN21O8. The number of hydrogen-bond acceptors (Lipinski definition) is 19. The molecule has 0 spiro atoms.